The molecule has 0 atom stereocenters. The van der Waals surface area contributed by atoms with Crippen molar-refractivity contribution in [2.75, 3.05) is 11.5 Å². The van der Waals surface area contributed by atoms with Crippen LogP contribution in [0, 0.1) is 0 Å². The average molecular weight is 401 g/mol. The molecule has 0 aliphatic carbocycles. The molecule has 3 rings (SSSR count). The second-order valence-corrected chi connectivity index (χ2v) is 6.13. The van der Waals surface area contributed by atoms with Crippen molar-refractivity contribution >= 4 is 47.2 Å². The number of carboxylic acids is 1. The van der Waals surface area contributed by atoms with Crippen LogP contribution in [0.5, 0.6) is 5.75 Å². The standard InChI is InChI=1S/C19H13ClN2O6/c20-12-2-1-3-13(9-12)22-18(26)15(17(25)21-19(22)27)8-11-4-6-14(7-5-11)28-10-16(23)24/h1-9H,10H2,(H,23,24)(H,21,25,27)/b15-8+. The molecule has 1 heterocycles. The Morgan fingerprint density at radius 3 is 2.50 bits per heavy atom. The van der Waals surface area contributed by atoms with Gasteiger partial charge < -0.3 is 9.84 Å². The first-order chi connectivity index (χ1) is 13.3. The Labute approximate surface area is 164 Å². The highest BCUT2D eigenvalue weighted by Gasteiger charge is 2.36. The van der Waals surface area contributed by atoms with Gasteiger partial charge in [-0.3, -0.25) is 14.9 Å². The first-order valence-electron chi connectivity index (χ1n) is 7.97. The van der Waals surface area contributed by atoms with Gasteiger partial charge in [0.2, 0.25) is 0 Å². The third-order valence-corrected chi connectivity index (χ3v) is 3.96. The number of urea groups is 1. The topological polar surface area (TPSA) is 113 Å². The van der Waals surface area contributed by atoms with Gasteiger partial charge in [0.25, 0.3) is 11.8 Å². The molecule has 142 valence electrons. The van der Waals surface area contributed by atoms with Gasteiger partial charge in [0.1, 0.15) is 11.3 Å². The number of benzene rings is 2. The average Bonchev–Trinajstić information content (AvgIpc) is 2.64. The SMILES string of the molecule is O=C(O)COc1ccc(/C=C2\C(=O)NC(=O)N(c3cccc(Cl)c3)C2=O)cc1. The number of nitrogens with zero attached hydrogens (tertiary/aromatic N) is 1. The Kier molecular flexibility index (Phi) is 5.42. The quantitative estimate of drug-likeness (QED) is 0.588. The number of amides is 4. The summed E-state index contributed by atoms with van der Waals surface area (Å²) in [6.07, 6.45) is 1.32. The first kappa shape index (κ1) is 19.1. The number of carbonyl (C=O) groups is 4. The van der Waals surface area contributed by atoms with Crippen LogP contribution in [-0.2, 0) is 14.4 Å². The van der Waals surface area contributed by atoms with Gasteiger partial charge in [0.15, 0.2) is 6.61 Å². The van der Waals surface area contributed by atoms with Gasteiger partial charge in [-0.05, 0) is 42.0 Å². The van der Waals surface area contributed by atoms with E-state index in [1.807, 2.05) is 0 Å². The van der Waals surface area contributed by atoms with Crippen molar-refractivity contribution in [3.8, 4) is 5.75 Å². The molecule has 0 saturated carbocycles. The van der Waals surface area contributed by atoms with Gasteiger partial charge in [0.05, 0.1) is 5.69 Å². The summed E-state index contributed by atoms with van der Waals surface area (Å²) in [7, 11) is 0. The zero-order valence-corrected chi connectivity index (χ0v) is 15.0. The number of halogens is 1. The van der Waals surface area contributed by atoms with Gasteiger partial charge in [-0.25, -0.2) is 14.5 Å². The van der Waals surface area contributed by atoms with E-state index in [4.69, 9.17) is 21.4 Å². The van der Waals surface area contributed by atoms with Crippen molar-refractivity contribution in [2.45, 2.75) is 0 Å². The highest BCUT2D eigenvalue weighted by Crippen LogP contribution is 2.24. The number of nitrogens with one attached hydrogen (secondary N) is 1. The van der Waals surface area contributed by atoms with E-state index in [2.05, 4.69) is 5.32 Å². The van der Waals surface area contributed by atoms with Gasteiger partial charge in [0, 0.05) is 5.02 Å². The van der Waals surface area contributed by atoms with Crippen molar-refractivity contribution in [3.05, 3.63) is 64.7 Å². The summed E-state index contributed by atoms with van der Waals surface area (Å²) in [6.45, 7) is -0.488. The Bertz CT molecular complexity index is 1000. The lowest BCUT2D eigenvalue weighted by Crippen LogP contribution is -2.54. The van der Waals surface area contributed by atoms with Crippen molar-refractivity contribution in [3.63, 3.8) is 0 Å². The van der Waals surface area contributed by atoms with E-state index in [1.54, 1.807) is 24.3 Å². The highest BCUT2D eigenvalue weighted by atomic mass is 35.5. The molecule has 1 aliphatic rings. The molecule has 0 radical (unpaired) electrons. The van der Waals surface area contributed by atoms with Crippen LogP contribution in [-0.4, -0.2) is 35.5 Å². The fourth-order valence-electron chi connectivity index (χ4n) is 2.48. The number of ether oxygens (including phenoxy) is 1. The summed E-state index contributed by atoms with van der Waals surface area (Å²) >= 11 is 5.91. The minimum atomic E-state index is -1.11. The predicted molar refractivity (Wildman–Crippen MR) is 100 cm³/mol. The van der Waals surface area contributed by atoms with Crippen LogP contribution in [0.4, 0.5) is 10.5 Å². The van der Waals surface area contributed by atoms with Crippen molar-refractivity contribution in [2.24, 2.45) is 0 Å². The van der Waals surface area contributed by atoms with E-state index in [1.165, 1.54) is 30.3 Å². The number of carbonyl (C=O) groups excluding carboxylic acids is 3. The third kappa shape index (κ3) is 4.18. The molecule has 0 bridgehead atoms. The molecule has 2 N–H and O–H groups in total. The van der Waals surface area contributed by atoms with Crippen LogP contribution in [0.25, 0.3) is 6.08 Å². The maximum absolute atomic E-state index is 12.7. The molecule has 1 saturated heterocycles. The van der Waals surface area contributed by atoms with Crippen LogP contribution >= 0.6 is 11.6 Å². The molecular weight excluding hydrogens is 388 g/mol. The van der Waals surface area contributed by atoms with Gasteiger partial charge >= 0.3 is 12.0 Å². The lowest BCUT2D eigenvalue weighted by Gasteiger charge is -2.26. The first-order valence-corrected chi connectivity index (χ1v) is 8.34. The molecule has 4 amide bonds. The molecule has 0 unspecified atom stereocenters. The Balaban J connectivity index is 1.87. The van der Waals surface area contributed by atoms with Crippen LogP contribution in [0.2, 0.25) is 5.02 Å². The summed E-state index contributed by atoms with van der Waals surface area (Å²) in [4.78, 5) is 48.4. The number of hydrogen-bond acceptors (Lipinski definition) is 5. The van der Waals surface area contributed by atoms with E-state index < -0.39 is 30.4 Å². The number of aliphatic carboxylic acids is 1. The minimum absolute atomic E-state index is 0.228. The number of anilines is 1. The number of imide groups is 2. The maximum atomic E-state index is 12.7. The fraction of sp³-hybridized carbons (Fsp3) is 0.0526. The van der Waals surface area contributed by atoms with Gasteiger partial charge in [-0.2, -0.15) is 0 Å². The predicted octanol–water partition coefficient (Wildman–Crippen LogP) is 2.47. The Morgan fingerprint density at radius 2 is 1.86 bits per heavy atom. The zero-order valence-electron chi connectivity index (χ0n) is 14.2. The van der Waals surface area contributed by atoms with Gasteiger partial charge in [-0.15, -0.1) is 0 Å². The van der Waals surface area contributed by atoms with Crippen LogP contribution in [0.3, 0.4) is 0 Å². The van der Waals surface area contributed by atoms with Crippen LogP contribution in [0.15, 0.2) is 54.1 Å². The Morgan fingerprint density at radius 1 is 1.14 bits per heavy atom. The largest absolute Gasteiger partial charge is 0.482 e. The molecule has 0 spiro atoms. The molecule has 8 nitrogen and oxygen atoms in total. The minimum Gasteiger partial charge on any atom is -0.482 e. The van der Waals surface area contributed by atoms with Crippen LogP contribution in [0.1, 0.15) is 5.56 Å². The molecule has 2 aromatic rings. The maximum Gasteiger partial charge on any atom is 0.341 e. The number of barbiturate groups is 1. The summed E-state index contributed by atoms with van der Waals surface area (Å²) < 4.78 is 5.02. The second kappa shape index (κ2) is 7.93. The van der Waals surface area contributed by atoms with E-state index in [0.717, 1.165) is 4.90 Å². The van der Waals surface area contributed by atoms with E-state index in [9.17, 15) is 19.2 Å². The smallest absolute Gasteiger partial charge is 0.341 e. The van der Waals surface area contributed by atoms with Crippen molar-refractivity contribution in [1.29, 1.82) is 0 Å². The molecule has 9 heteroatoms. The number of rotatable bonds is 5. The van der Waals surface area contributed by atoms with E-state index in [0.29, 0.717) is 16.3 Å². The van der Waals surface area contributed by atoms with Crippen LogP contribution < -0.4 is 15.0 Å². The summed E-state index contributed by atoms with van der Waals surface area (Å²) in [5, 5.41) is 11.1. The summed E-state index contributed by atoms with van der Waals surface area (Å²) in [6, 6.07) is 11.3. The zero-order chi connectivity index (χ0) is 20.3. The fourth-order valence-corrected chi connectivity index (χ4v) is 2.66. The lowest BCUT2D eigenvalue weighted by molar-refractivity contribution is -0.139. The second-order valence-electron chi connectivity index (χ2n) is 5.69. The molecular formula is C19H13ClN2O6. The number of hydrogen-bond donors (Lipinski definition) is 2. The summed E-state index contributed by atoms with van der Waals surface area (Å²) in [5.74, 6) is -2.40. The van der Waals surface area contributed by atoms with Gasteiger partial charge in [-0.1, -0.05) is 29.8 Å². The normalized spacial score (nSPS) is 15.5. The number of carboxylic acid groups (broad SMARTS) is 1. The monoisotopic (exact) mass is 400 g/mol. The van der Waals surface area contributed by atoms with Crippen molar-refractivity contribution in [1.82, 2.24) is 5.32 Å². The molecule has 1 fully saturated rings. The third-order valence-electron chi connectivity index (χ3n) is 3.72. The molecule has 28 heavy (non-hydrogen) atoms. The lowest BCUT2D eigenvalue weighted by atomic mass is 10.1. The Hall–Kier alpha value is -3.65. The van der Waals surface area contributed by atoms with Crippen molar-refractivity contribution < 1.29 is 29.0 Å². The molecule has 0 aromatic heterocycles. The molecule has 1 aliphatic heterocycles. The van der Waals surface area contributed by atoms with E-state index >= 15 is 0 Å². The highest BCUT2D eigenvalue weighted by molar-refractivity contribution is 6.39. The van der Waals surface area contributed by atoms with E-state index in [-0.39, 0.29) is 11.3 Å². The molecule has 2 aromatic carbocycles. The summed E-state index contributed by atoms with van der Waals surface area (Å²) in [5.41, 5.74) is 0.478.